The molecule has 0 aliphatic rings. The molecule has 29 heavy (non-hydrogen) atoms. The van der Waals surface area contributed by atoms with Crippen molar-refractivity contribution in [3.8, 4) is 0 Å². The third kappa shape index (κ3) is 4.33. The molecule has 0 saturated carbocycles. The Morgan fingerprint density at radius 2 is 1.62 bits per heavy atom. The molecule has 0 saturated heterocycles. The molecule has 1 heterocycles. The van der Waals surface area contributed by atoms with Crippen molar-refractivity contribution in [2.24, 2.45) is 0 Å². The molecule has 3 rings (SSSR count). The molecule has 1 amide bonds. The van der Waals surface area contributed by atoms with Crippen LogP contribution in [0.4, 0.5) is 17.1 Å². The molecule has 0 unspecified atom stereocenters. The summed E-state index contributed by atoms with van der Waals surface area (Å²) in [6.07, 6.45) is 1.48. The van der Waals surface area contributed by atoms with Gasteiger partial charge in [0.25, 0.3) is 22.8 Å². The third-order valence-electron chi connectivity index (χ3n) is 4.11. The molecule has 0 aliphatic heterocycles. The van der Waals surface area contributed by atoms with Gasteiger partial charge < -0.3 is 9.88 Å². The summed E-state index contributed by atoms with van der Waals surface area (Å²) in [7, 11) is 0. The predicted molar refractivity (Wildman–Crippen MR) is 104 cm³/mol. The molecule has 3 aromatic rings. The fraction of sp³-hybridized carbons (Fsp3) is 0.0526. The first-order chi connectivity index (χ1) is 13.9. The van der Waals surface area contributed by atoms with E-state index in [1.807, 2.05) is 0 Å². The molecule has 0 spiro atoms. The van der Waals surface area contributed by atoms with E-state index in [0.717, 1.165) is 0 Å². The highest BCUT2D eigenvalue weighted by molar-refractivity contribution is 6.05. The zero-order valence-corrected chi connectivity index (χ0v) is 14.8. The number of benzene rings is 2. The maximum atomic E-state index is 12.7. The van der Waals surface area contributed by atoms with Crippen LogP contribution in [0.5, 0.6) is 0 Å². The molecule has 0 fully saturated rings. The van der Waals surface area contributed by atoms with Crippen LogP contribution < -0.4 is 10.9 Å². The average Bonchev–Trinajstić information content (AvgIpc) is 2.70. The first kappa shape index (κ1) is 19.4. The zero-order valence-electron chi connectivity index (χ0n) is 14.8. The lowest BCUT2D eigenvalue weighted by molar-refractivity contribution is -0.384. The summed E-state index contributed by atoms with van der Waals surface area (Å²) < 4.78 is 1.27. The molecule has 2 aromatic carbocycles. The van der Waals surface area contributed by atoms with E-state index in [4.69, 9.17) is 0 Å². The van der Waals surface area contributed by atoms with Crippen LogP contribution in [0.1, 0.15) is 15.9 Å². The van der Waals surface area contributed by atoms with Gasteiger partial charge in [0.1, 0.15) is 11.3 Å². The van der Waals surface area contributed by atoms with Gasteiger partial charge in [0.2, 0.25) is 0 Å². The number of nitrogens with zero attached hydrogens (tertiary/aromatic N) is 3. The van der Waals surface area contributed by atoms with Gasteiger partial charge in [-0.1, -0.05) is 24.3 Å². The number of non-ortho nitro benzene ring substituents is 1. The summed E-state index contributed by atoms with van der Waals surface area (Å²) in [6.45, 7) is 0.101. The van der Waals surface area contributed by atoms with Crippen LogP contribution >= 0.6 is 0 Å². The number of nitro benzene ring substituents is 2. The molecule has 10 heteroatoms. The molecule has 0 radical (unpaired) electrons. The molecule has 0 aliphatic carbocycles. The van der Waals surface area contributed by atoms with Crippen LogP contribution in [0.25, 0.3) is 0 Å². The van der Waals surface area contributed by atoms with E-state index in [9.17, 15) is 29.8 Å². The van der Waals surface area contributed by atoms with E-state index < -0.39 is 21.3 Å². The predicted octanol–water partition coefficient (Wildman–Crippen LogP) is 2.97. The van der Waals surface area contributed by atoms with E-state index in [2.05, 4.69) is 5.32 Å². The first-order valence-electron chi connectivity index (χ1n) is 8.34. The van der Waals surface area contributed by atoms with Gasteiger partial charge in [-0.25, -0.2) is 0 Å². The number of amides is 1. The van der Waals surface area contributed by atoms with Crippen LogP contribution in [-0.4, -0.2) is 20.3 Å². The van der Waals surface area contributed by atoms with E-state index in [1.165, 1.54) is 71.4 Å². The van der Waals surface area contributed by atoms with E-state index in [-0.39, 0.29) is 29.2 Å². The second kappa shape index (κ2) is 8.13. The lowest BCUT2D eigenvalue weighted by Gasteiger charge is -2.09. The molecular weight excluding hydrogens is 380 g/mol. The van der Waals surface area contributed by atoms with Crippen molar-refractivity contribution in [1.29, 1.82) is 0 Å². The van der Waals surface area contributed by atoms with Crippen molar-refractivity contribution in [3.63, 3.8) is 0 Å². The molecule has 10 nitrogen and oxygen atoms in total. The number of rotatable bonds is 6. The van der Waals surface area contributed by atoms with E-state index in [1.54, 1.807) is 0 Å². The normalized spacial score (nSPS) is 10.3. The smallest absolute Gasteiger partial charge is 0.292 e. The number of anilines is 1. The largest absolute Gasteiger partial charge is 0.316 e. The van der Waals surface area contributed by atoms with Gasteiger partial charge in [0.05, 0.1) is 16.4 Å². The Kier molecular flexibility index (Phi) is 5.44. The van der Waals surface area contributed by atoms with Crippen LogP contribution in [0.2, 0.25) is 0 Å². The van der Waals surface area contributed by atoms with E-state index >= 15 is 0 Å². The van der Waals surface area contributed by atoms with Gasteiger partial charge in [-0.2, -0.15) is 0 Å². The molecule has 0 atom stereocenters. The fourth-order valence-electron chi connectivity index (χ4n) is 2.68. The Balaban J connectivity index is 1.85. The lowest BCUT2D eigenvalue weighted by atomic mass is 10.2. The quantitative estimate of drug-likeness (QED) is 0.504. The number of carbonyl (C=O) groups is 1. The molecule has 0 bridgehead atoms. The van der Waals surface area contributed by atoms with Gasteiger partial charge in [-0.3, -0.25) is 29.8 Å². The topological polar surface area (TPSA) is 137 Å². The minimum atomic E-state index is -0.776. The zero-order chi connectivity index (χ0) is 21.0. The maximum absolute atomic E-state index is 12.7. The Bertz CT molecular complexity index is 1150. The third-order valence-corrected chi connectivity index (χ3v) is 4.11. The van der Waals surface area contributed by atoms with Crippen molar-refractivity contribution in [2.45, 2.75) is 6.54 Å². The summed E-state index contributed by atoms with van der Waals surface area (Å²) in [5, 5.41) is 24.2. The highest BCUT2D eigenvalue weighted by atomic mass is 16.6. The highest BCUT2D eigenvalue weighted by Crippen LogP contribution is 2.23. The summed E-state index contributed by atoms with van der Waals surface area (Å²) >= 11 is 0. The Morgan fingerprint density at radius 3 is 2.28 bits per heavy atom. The number of hydrogen-bond donors (Lipinski definition) is 1. The number of hydrogen-bond acceptors (Lipinski definition) is 6. The second-order valence-corrected chi connectivity index (χ2v) is 6.01. The monoisotopic (exact) mass is 394 g/mol. The lowest BCUT2D eigenvalue weighted by Crippen LogP contribution is -2.29. The van der Waals surface area contributed by atoms with E-state index in [0.29, 0.717) is 5.56 Å². The summed E-state index contributed by atoms with van der Waals surface area (Å²) in [5.41, 5.74) is -0.530. The molecule has 1 aromatic heterocycles. The maximum Gasteiger partial charge on any atom is 0.292 e. The van der Waals surface area contributed by atoms with Crippen molar-refractivity contribution in [2.75, 3.05) is 5.32 Å². The molecule has 146 valence electrons. The second-order valence-electron chi connectivity index (χ2n) is 6.01. The van der Waals surface area contributed by atoms with Gasteiger partial charge in [0, 0.05) is 24.4 Å². The number of nitrogens with one attached hydrogen (secondary N) is 1. The molecule has 1 N–H and O–H groups in total. The number of nitro groups is 2. The Hall–Kier alpha value is -4.34. The average molecular weight is 394 g/mol. The summed E-state index contributed by atoms with van der Waals surface area (Å²) in [6, 6.07) is 14.1. The fourth-order valence-corrected chi connectivity index (χ4v) is 2.68. The SMILES string of the molecule is O=C(Nc1ccccc1[N+](=O)[O-])c1cccn(Cc2ccc([N+](=O)[O-])cc2)c1=O. The number of pyridine rings is 1. The van der Waals surface area contributed by atoms with Crippen molar-refractivity contribution in [1.82, 2.24) is 4.57 Å². The van der Waals surface area contributed by atoms with Gasteiger partial charge in [0.15, 0.2) is 0 Å². The Labute approximate surface area is 163 Å². The highest BCUT2D eigenvalue weighted by Gasteiger charge is 2.18. The minimum absolute atomic E-state index is 0.0207. The standard InChI is InChI=1S/C19H14N4O6/c24-18(20-16-5-1-2-6-17(16)23(28)29)15-4-3-11-21(19(15)25)12-13-7-9-14(10-8-13)22(26)27/h1-11H,12H2,(H,20,24). The minimum Gasteiger partial charge on any atom is -0.316 e. The van der Waals surface area contributed by atoms with Gasteiger partial charge in [-0.15, -0.1) is 0 Å². The number of para-hydroxylation sites is 2. The van der Waals surface area contributed by atoms with Crippen LogP contribution in [0.3, 0.4) is 0 Å². The van der Waals surface area contributed by atoms with Gasteiger partial charge in [-0.05, 0) is 23.8 Å². The molecular formula is C19H14N4O6. The van der Waals surface area contributed by atoms with Crippen molar-refractivity contribution >= 4 is 23.0 Å². The summed E-state index contributed by atoms with van der Waals surface area (Å²) in [4.78, 5) is 45.8. The number of carbonyl (C=O) groups excluding carboxylic acids is 1. The van der Waals surface area contributed by atoms with Crippen LogP contribution in [0, 0.1) is 20.2 Å². The van der Waals surface area contributed by atoms with Gasteiger partial charge >= 0.3 is 0 Å². The van der Waals surface area contributed by atoms with Crippen LogP contribution in [0.15, 0.2) is 71.7 Å². The van der Waals surface area contributed by atoms with Crippen molar-refractivity contribution in [3.05, 3.63) is 109 Å². The summed E-state index contributed by atoms with van der Waals surface area (Å²) in [5.74, 6) is -0.776. The first-order valence-corrected chi connectivity index (χ1v) is 8.34. The van der Waals surface area contributed by atoms with Crippen molar-refractivity contribution < 1.29 is 14.6 Å². The Morgan fingerprint density at radius 1 is 0.931 bits per heavy atom. The van der Waals surface area contributed by atoms with Crippen LogP contribution in [-0.2, 0) is 6.54 Å². The number of aromatic nitrogens is 1.